The van der Waals surface area contributed by atoms with Gasteiger partial charge in [0, 0.05) is 5.69 Å². The standard InChI is InChI=1S/C19H22FN3O3/c1-3-23(13-19(25)22-17-7-5-4-6-16(17)20)12-18(24)21-14-8-10-15(26-2)11-9-14/h4-11H,3,12-13H2,1-2H3,(H,21,24)(H,22,25)/p+1. The molecule has 2 aromatic rings. The van der Waals surface area contributed by atoms with Crippen LogP contribution >= 0.6 is 0 Å². The van der Waals surface area contributed by atoms with Gasteiger partial charge < -0.3 is 20.3 Å². The number of rotatable bonds is 8. The largest absolute Gasteiger partial charge is 0.497 e. The molecule has 0 spiro atoms. The number of nitrogens with one attached hydrogen (secondary N) is 3. The van der Waals surface area contributed by atoms with Gasteiger partial charge in [-0.25, -0.2) is 4.39 Å². The highest BCUT2D eigenvalue weighted by Crippen LogP contribution is 2.14. The molecule has 3 N–H and O–H groups in total. The van der Waals surface area contributed by atoms with Crippen LogP contribution in [-0.4, -0.2) is 38.6 Å². The smallest absolute Gasteiger partial charge is 0.279 e. The molecular weight excluding hydrogens is 337 g/mol. The molecule has 0 aliphatic carbocycles. The molecule has 7 heteroatoms. The Hall–Kier alpha value is -2.93. The van der Waals surface area contributed by atoms with Crippen LogP contribution in [0.1, 0.15) is 6.92 Å². The Kier molecular flexibility index (Phi) is 7.11. The summed E-state index contributed by atoms with van der Waals surface area (Å²) < 4.78 is 18.7. The first kappa shape index (κ1) is 19.4. The number of anilines is 2. The number of carbonyl (C=O) groups excluding carboxylic acids is 2. The van der Waals surface area contributed by atoms with Crippen molar-refractivity contribution in [2.75, 3.05) is 37.4 Å². The maximum absolute atomic E-state index is 13.6. The van der Waals surface area contributed by atoms with Gasteiger partial charge in [-0.05, 0) is 43.3 Å². The highest BCUT2D eigenvalue weighted by atomic mass is 19.1. The first-order valence-corrected chi connectivity index (χ1v) is 8.33. The molecule has 0 saturated heterocycles. The van der Waals surface area contributed by atoms with Crippen molar-refractivity contribution in [1.29, 1.82) is 0 Å². The molecule has 0 aliphatic heterocycles. The fourth-order valence-corrected chi connectivity index (χ4v) is 2.40. The number of carbonyl (C=O) groups is 2. The van der Waals surface area contributed by atoms with E-state index in [1.807, 2.05) is 6.92 Å². The van der Waals surface area contributed by atoms with Gasteiger partial charge in [-0.2, -0.15) is 0 Å². The van der Waals surface area contributed by atoms with E-state index in [0.717, 1.165) is 4.90 Å². The first-order chi connectivity index (χ1) is 12.5. The minimum atomic E-state index is -0.490. The molecule has 2 amide bonds. The molecule has 0 aromatic heterocycles. The van der Waals surface area contributed by atoms with Crippen molar-refractivity contribution in [1.82, 2.24) is 0 Å². The Morgan fingerprint density at radius 3 is 2.19 bits per heavy atom. The topological polar surface area (TPSA) is 71.9 Å². The molecule has 0 fully saturated rings. The van der Waals surface area contributed by atoms with Crippen LogP contribution in [0.2, 0.25) is 0 Å². The fourth-order valence-electron chi connectivity index (χ4n) is 2.40. The molecule has 6 nitrogen and oxygen atoms in total. The van der Waals surface area contributed by atoms with Crippen molar-refractivity contribution in [2.24, 2.45) is 0 Å². The summed E-state index contributed by atoms with van der Waals surface area (Å²) >= 11 is 0. The molecule has 0 saturated carbocycles. The molecule has 138 valence electrons. The van der Waals surface area contributed by atoms with Crippen LogP contribution in [0.15, 0.2) is 48.5 Å². The average Bonchev–Trinajstić information content (AvgIpc) is 2.63. The number of hydrogen-bond donors (Lipinski definition) is 3. The summed E-state index contributed by atoms with van der Waals surface area (Å²) in [7, 11) is 1.57. The van der Waals surface area contributed by atoms with Crippen molar-refractivity contribution < 1.29 is 23.6 Å². The van der Waals surface area contributed by atoms with Crippen LogP contribution in [0.4, 0.5) is 15.8 Å². The molecule has 0 bridgehead atoms. The van der Waals surface area contributed by atoms with E-state index in [2.05, 4.69) is 10.6 Å². The Labute approximate surface area is 152 Å². The third-order valence-corrected chi connectivity index (χ3v) is 3.84. The van der Waals surface area contributed by atoms with Crippen molar-refractivity contribution >= 4 is 23.2 Å². The second kappa shape index (κ2) is 9.53. The number of benzene rings is 2. The number of amides is 2. The fraction of sp³-hybridized carbons (Fsp3) is 0.263. The lowest BCUT2D eigenvalue weighted by Crippen LogP contribution is -3.13. The lowest BCUT2D eigenvalue weighted by molar-refractivity contribution is -0.881. The minimum absolute atomic E-state index is 0.0703. The summed E-state index contributed by atoms with van der Waals surface area (Å²) in [5.74, 6) is -0.334. The minimum Gasteiger partial charge on any atom is -0.497 e. The van der Waals surface area contributed by atoms with E-state index in [0.29, 0.717) is 18.0 Å². The molecule has 2 rings (SSSR count). The monoisotopic (exact) mass is 360 g/mol. The van der Waals surface area contributed by atoms with Crippen LogP contribution < -0.4 is 20.3 Å². The SMILES string of the molecule is CC[NH+](CC(=O)Nc1ccc(OC)cc1)CC(=O)Nc1ccccc1F. The predicted octanol–water partition coefficient (Wildman–Crippen LogP) is 1.32. The lowest BCUT2D eigenvalue weighted by atomic mass is 10.3. The van der Waals surface area contributed by atoms with Gasteiger partial charge in [0.05, 0.1) is 19.3 Å². The number of ether oxygens (including phenoxy) is 1. The third-order valence-electron chi connectivity index (χ3n) is 3.84. The molecule has 2 aromatic carbocycles. The van der Waals surface area contributed by atoms with Crippen molar-refractivity contribution in [3.63, 3.8) is 0 Å². The van der Waals surface area contributed by atoms with E-state index in [1.165, 1.54) is 12.1 Å². The number of hydrogen-bond acceptors (Lipinski definition) is 3. The van der Waals surface area contributed by atoms with E-state index < -0.39 is 5.82 Å². The Morgan fingerprint density at radius 2 is 1.62 bits per heavy atom. The summed E-state index contributed by atoms with van der Waals surface area (Å²) in [4.78, 5) is 25.0. The van der Waals surface area contributed by atoms with E-state index in [-0.39, 0.29) is 30.6 Å². The summed E-state index contributed by atoms with van der Waals surface area (Å²) in [6.45, 7) is 2.67. The summed E-state index contributed by atoms with van der Waals surface area (Å²) in [6, 6.07) is 13.0. The van der Waals surface area contributed by atoms with Gasteiger partial charge in [0.15, 0.2) is 13.1 Å². The van der Waals surface area contributed by atoms with E-state index in [9.17, 15) is 14.0 Å². The Bertz CT molecular complexity index is 750. The zero-order chi connectivity index (χ0) is 18.9. The van der Waals surface area contributed by atoms with Crippen molar-refractivity contribution in [3.05, 3.63) is 54.3 Å². The lowest BCUT2D eigenvalue weighted by Gasteiger charge is -2.17. The molecule has 26 heavy (non-hydrogen) atoms. The van der Waals surface area contributed by atoms with E-state index in [1.54, 1.807) is 43.5 Å². The maximum Gasteiger partial charge on any atom is 0.279 e. The average molecular weight is 360 g/mol. The summed E-state index contributed by atoms with van der Waals surface area (Å²) in [5, 5.41) is 5.31. The molecular formula is C19H23FN3O3+. The number of likely N-dealkylation sites (N-methyl/N-ethyl adjacent to an activating group) is 1. The number of para-hydroxylation sites is 1. The van der Waals surface area contributed by atoms with E-state index >= 15 is 0 Å². The summed E-state index contributed by atoms with van der Waals surface area (Å²) in [5.41, 5.74) is 0.790. The predicted molar refractivity (Wildman–Crippen MR) is 97.9 cm³/mol. The quantitative estimate of drug-likeness (QED) is 0.665. The van der Waals surface area contributed by atoms with Crippen LogP contribution in [0.5, 0.6) is 5.75 Å². The zero-order valence-corrected chi connectivity index (χ0v) is 14.8. The van der Waals surface area contributed by atoms with Crippen LogP contribution in [0, 0.1) is 5.82 Å². The first-order valence-electron chi connectivity index (χ1n) is 8.33. The van der Waals surface area contributed by atoms with Gasteiger partial charge in [0.2, 0.25) is 0 Å². The molecule has 1 unspecified atom stereocenters. The van der Waals surface area contributed by atoms with Crippen molar-refractivity contribution in [3.8, 4) is 5.75 Å². The second-order valence-electron chi connectivity index (χ2n) is 5.76. The number of quaternary nitrogens is 1. The molecule has 0 radical (unpaired) electrons. The van der Waals surface area contributed by atoms with E-state index in [4.69, 9.17) is 4.74 Å². The second-order valence-corrected chi connectivity index (χ2v) is 5.76. The summed E-state index contributed by atoms with van der Waals surface area (Å²) in [6.07, 6.45) is 0. The number of halogens is 1. The maximum atomic E-state index is 13.6. The zero-order valence-electron chi connectivity index (χ0n) is 14.8. The molecule has 1 atom stereocenters. The highest BCUT2D eigenvalue weighted by molar-refractivity contribution is 5.93. The third kappa shape index (κ3) is 5.86. The van der Waals surface area contributed by atoms with Crippen LogP contribution in [0.25, 0.3) is 0 Å². The molecule has 0 heterocycles. The normalized spacial score (nSPS) is 11.5. The van der Waals surface area contributed by atoms with Gasteiger partial charge in [-0.1, -0.05) is 12.1 Å². The Morgan fingerprint density at radius 1 is 1.00 bits per heavy atom. The van der Waals surface area contributed by atoms with Gasteiger partial charge in [-0.15, -0.1) is 0 Å². The van der Waals surface area contributed by atoms with Gasteiger partial charge in [0.25, 0.3) is 11.8 Å². The van der Waals surface area contributed by atoms with Gasteiger partial charge in [-0.3, -0.25) is 9.59 Å². The van der Waals surface area contributed by atoms with Crippen LogP contribution in [0.3, 0.4) is 0 Å². The van der Waals surface area contributed by atoms with Crippen LogP contribution in [-0.2, 0) is 9.59 Å². The van der Waals surface area contributed by atoms with Gasteiger partial charge >= 0.3 is 0 Å². The highest BCUT2D eigenvalue weighted by Gasteiger charge is 2.17. The van der Waals surface area contributed by atoms with Gasteiger partial charge in [0.1, 0.15) is 11.6 Å². The van der Waals surface area contributed by atoms with Crippen molar-refractivity contribution in [2.45, 2.75) is 6.92 Å². The molecule has 0 aliphatic rings. The Balaban J connectivity index is 1.86. The number of methoxy groups -OCH3 is 1.